The van der Waals surface area contributed by atoms with E-state index in [1.165, 1.54) is 0 Å². The highest BCUT2D eigenvalue weighted by atomic mass is 16.5. The summed E-state index contributed by atoms with van der Waals surface area (Å²) in [6.45, 7) is 7.07. The first-order valence-corrected chi connectivity index (χ1v) is 6.79. The minimum Gasteiger partial charge on any atom is -0.464 e. The van der Waals surface area contributed by atoms with E-state index in [1.807, 2.05) is 20.8 Å². The van der Waals surface area contributed by atoms with Crippen LogP contribution in [0.15, 0.2) is 0 Å². The van der Waals surface area contributed by atoms with Crippen LogP contribution >= 0.6 is 0 Å². The van der Waals surface area contributed by atoms with Gasteiger partial charge >= 0.3 is 6.01 Å². The van der Waals surface area contributed by atoms with E-state index in [0.717, 1.165) is 0 Å². The third-order valence-corrected chi connectivity index (χ3v) is 2.44. The Labute approximate surface area is 124 Å². The van der Waals surface area contributed by atoms with Gasteiger partial charge in [-0.3, -0.25) is 10.2 Å². The molecule has 0 atom stereocenters. The van der Waals surface area contributed by atoms with Crippen LogP contribution in [0.25, 0.3) is 0 Å². The molecule has 9 nitrogen and oxygen atoms in total. The SMILES string of the molecule is CCOc1nc(NN)nc(N(C)CC(=O)NCC(C)C)n1. The molecule has 0 aromatic carbocycles. The molecule has 0 spiro atoms. The van der Waals surface area contributed by atoms with Crippen LogP contribution in [0.5, 0.6) is 6.01 Å². The normalized spacial score (nSPS) is 10.4. The molecule has 1 aromatic rings. The molecule has 0 bridgehead atoms. The second-order valence-electron chi connectivity index (χ2n) is 4.87. The van der Waals surface area contributed by atoms with Crippen LogP contribution in [0, 0.1) is 5.92 Å². The number of carbonyl (C=O) groups is 1. The van der Waals surface area contributed by atoms with Gasteiger partial charge in [-0.1, -0.05) is 13.8 Å². The van der Waals surface area contributed by atoms with Gasteiger partial charge in [0.25, 0.3) is 0 Å². The summed E-state index contributed by atoms with van der Waals surface area (Å²) < 4.78 is 5.24. The van der Waals surface area contributed by atoms with E-state index in [9.17, 15) is 4.79 Å². The molecule has 0 radical (unpaired) electrons. The van der Waals surface area contributed by atoms with Gasteiger partial charge in [-0.2, -0.15) is 15.0 Å². The first kappa shape index (κ1) is 16.9. The summed E-state index contributed by atoms with van der Waals surface area (Å²) in [6.07, 6.45) is 0. The highest BCUT2D eigenvalue weighted by molar-refractivity contribution is 5.80. The van der Waals surface area contributed by atoms with Gasteiger partial charge in [0.05, 0.1) is 13.2 Å². The van der Waals surface area contributed by atoms with Gasteiger partial charge in [0.1, 0.15) is 0 Å². The number of rotatable bonds is 8. The number of anilines is 2. The van der Waals surface area contributed by atoms with E-state index < -0.39 is 0 Å². The predicted octanol–water partition coefficient (Wildman–Crippen LogP) is -0.236. The van der Waals surface area contributed by atoms with Crippen molar-refractivity contribution in [3.05, 3.63) is 0 Å². The smallest absolute Gasteiger partial charge is 0.323 e. The van der Waals surface area contributed by atoms with Gasteiger partial charge in [0.2, 0.25) is 17.8 Å². The predicted molar refractivity (Wildman–Crippen MR) is 79.9 cm³/mol. The number of likely N-dealkylation sites (N-methyl/N-ethyl adjacent to an activating group) is 1. The Kier molecular flexibility index (Phi) is 6.60. The fourth-order valence-electron chi connectivity index (χ4n) is 1.43. The number of hydrazine groups is 1. The van der Waals surface area contributed by atoms with Gasteiger partial charge in [-0.25, -0.2) is 5.84 Å². The number of hydrogen-bond acceptors (Lipinski definition) is 8. The van der Waals surface area contributed by atoms with E-state index in [2.05, 4.69) is 25.7 Å². The Hall–Kier alpha value is -2.16. The van der Waals surface area contributed by atoms with Gasteiger partial charge in [-0.15, -0.1) is 0 Å². The molecule has 0 saturated heterocycles. The van der Waals surface area contributed by atoms with Gasteiger partial charge in [0.15, 0.2) is 0 Å². The van der Waals surface area contributed by atoms with Crippen molar-refractivity contribution in [2.75, 3.05) is 37.1 Å². The summed E-state index contributed by atoms with van der Waals surface area (Å²) in [5.41, 5.74) is 2.35. The second-order valence-corrected chi connectivity index (χ2v) is 4.87. The van der Waals surface area contributed by atoms with Gasteiger partial charge in [0, 0.05) is 13.6 Å². The minimum atomic E-state index is -0.105. The van der Waals surface area contributed by atoms with Crippen LogP contribution in [0.2, 0.25) is 0 Å². The molecule has 0 saturated carbocycles. The monoisotopic (exact) mass is 297 g/mol. The molecule has 1 heterocycles. The third kappa shape index (κ3) is 5.78. The number of nitrogens with zero attached hydrogens (tertiary/aromatic N) is 4. The van der Waals surface area contributed by atoms with Gasteiger partial charge in [-0.05, 0) is 12.8 Å². The van der Waals surface area contributed by atoms with E-state index in [0.29, 0.717) is 25.0 Å². The maximum absolute atomic E-state index is 11.8. The zero-order chi connectivity index (χ0) is 15.8. The minimum absolute atomic E-state index is 0.105. The first-order valence-electron chi connectivity index (χ1n) is 6.79. The van der Waals surface area contributed by atoms with E-state index in [1.54, 1.807) is 11.9 Å². The summed E-state index contributed by atoms with van der Waals surface area (Å²) in [5.74, 6) is 6.09. The highest BCUT2D eigenvalue weighted by Crippen LogP contribution is 2.13. The third-order valence-electron chi connectivity index (χ3n) is 2.44. The maximum atomic E-state index is 11.8. The second kappa shape index (κ2) is 8.20. The summed E-state index contributed by atoms with van der Waals surface area (Å²) in [6, 6.07) is 0.157. The lowest BCUT2D eigenvalue weighted by atomic mass is 10.2. The molecule has 1 amide bonds. The summed E-state index contributed by atoms with van der Waals surface area (Å²) in [7, 11) is 1.71. The number of amides is 1. The van der Waals surface area contributed by atoms with Crippen molar-refractivity contribution >= 4 is 17.8 Å². The molecule has 4 N–H and O–H groups in total. The number of nitrogen functional groups attached to an aromatic ring is 1. The molecule has 0 unspecified atom stereocenters. The van der Waals surface area contributed by atoms with Crippen molar-refractivity contribution in [2.24, 2.45) is 11.8 Å². The van der Waals surface area contributed by atoms with Crippen molar-refractivity contribution in [3.63, 3.8) is 0 Å². The lowest BCUT2D eigenvalue weighted by Crippen LogP contribution is -2.37. The van der Waals surface area contributed by atoms with E-state index in [4.69, 9.17) is 10.6 Å². The molecule has 0 fully saturated rings. The largest absolute Gasteiger partial charge is 0.464 e. The quantitative estimate of drug-likeness (QED) is 0.444. The number of aromatic nitrogens is 3. The topological polar surface area (TPSA) is 118 Å². The molecular weight excluding hydrogens is 274 g/mol. The molecule has 9 heteroatoms. The van der Waals surface area contributed by atoms with Crippen LogP contribution in [0.3, 0.4) is 0 Å². The molecule has 21 heavy (non-hydrogen) atoms. The fraction of sp³-hybridized carbons (Fsp3) is 0.667. The van der Waals surface area contributed by atoms with Crippen LogP contribution in [-0.2, 0) is 4.79 Å². The molecule has 0 aliphatic carbocycles. The average Bonchev–Trinajstić information content (AvgIpc) is 2.45. The lowest BCUT2D eigenvalue weighted by Gasteiger charge is -2.18. The molecule has 0 aliphatic heterocycles. The Morgan fingerprint density at radius 1 is 1.38 bits per heavy atom. The molecule has 1 rings (SSSR count). The number of hydrogen-bond donors (Lipinski definition) is 3. The van der Waals surface area contributed by atoms with E-state index in [-0.39, 0.29) is 24.4 Å². The van der Waals surface area contributed by atoms with Crippen molar-refractivity contribution in [2.45, 2.75) is 20.8 Å². The Morgan fingerprint density at radius 3 is 2.67 bits per heavy atom. The summed E-state index contributed by atoms with van der Waals surface area (Å²) in [4.78, 5) is 25.6. The first-order chi connectivity index (χ1) is 9.96. The molecule has 1 aromatic heterocycles. The number of nitrogens with one attached hydrogen (secondary N) is 2. The highest BCUT2D eigenvalue weighted by Gasteiger charge is 2.13. The van der Waals surface area contributed by atoms with Crippen molar-refractivity contribution in [1.82, 2.24) is 20.3 Å². The Bertz CT molecular complexity index is 467. The van der Waals surface area contributed by atoms with Crippen LogP contribution in [-0.4, -0.2) is 47.6 Å². The lowest BCUT2D eigenvalue weighted by molar-refractivity contribution is -0.119. The Balaban J connectivity index is 2.74. The molecular formula is C12H23N7O2. The zero-order valence-corrected chi connectivity index (χ0v) is 12.9. The summed E-state index contributed by atoms with van der Waals surface area (Å²) >= 11 is 0. The average molecular weight is 297 g/mol. The van der Waals surface area contributed by atoms with Gasteiger partial charge < -0.3 is 15.0 Å². The van der Waals surface area contributed by atoms with E-state index >= 15 is 0 Å². The maximum Gasteiger partial charge on any atom is 0.323 e. The number of nitrogens with two attached hydrogens (primary N) is 1. The summed E-state index contributed by atoms with van der Waals surface area (Å²) in [5, 5.41) is 2.83. The molecule has 0 aliphatic rings. The van der Waals surface area contributed by atoms with Crippen molar-refractivity contribution in [1.29, 1.82) is 0 Å². The number of carbonyl (C=O) groups excluding carboxylic acids is 1. The van der Waals surface area contributed by atoms with Crippen molar-refractivity contribution < 1.29 is 9.53 Å². The number of ether oxygens (including phenoxy) is 1. The van der Waals surface area contributed by atoms with Crippen LogP contribution < -0.4 is 26.2 Å². The van der Waals surface area contributed by atoms with Crippen LogP contribution in [0.4, 0.5) is 11.9 Å². The zero-order valence-electron chi connectivity index (χ0n) is 12.9. The van der Waals surface area contributed by atoms with Crippen molar-refractivity contribution in [3.8, 4) is 6.01 Å². The molecule has 118 valence electrons. The fourth-order valence-corrected chi connectivity index (χ4v) is 1.43. The van der Waals surface area contributed by atoms with Crippen LogP contribution in [0.1, 0.15) is 20.8 Å². The standard InChI is InChI=1S/C12H23N7O2/c1-5-21-12-16-10(18-13)15-11(17-12)19(4)7-9(20)14-6-8(2)3/h8H,5-7,13H2,1-4H3,(H,14,20)(H,15,16,17,18). The Morgan fingerprint density at radius 2 is 2.10 bits per heavy atom.